The van der Waals surface area contributed by atoms with Crippen LogP contribution in [0.25, 0.3) is 0 Å². The molecule has 0 unspecified atom stereocenters. The highest BCUT2D eigenvalue weighted by Gasteiger charge is 2.06. The second kappa shape index (κ2) is 7.92. The zero-order valence-corrected chi connectivity index (χ0v) is 10.8. The van der Waals surface area contributed by atoms with Crippen LogP contribution in [-0.4, -0.2) is 24.5 Å². The summed E-state index contributed by atoms with van der Waals surface area (Å²) >= 11 is 0. The summed E-state index contributed by atoms with van der Waals surface area (Å²) in [7, 11) is 1.50. The number of benzene rings is 1. The molecule has 0 saturated heterocycles. The predicted molar refractivity (Wildman–Crippen MR) is 70.4 cm³/mol. The summed E-state index contributed by atoms with van der Waals surface area (Å²) in [6.07, 6.45) is 2.46. The maximum absolute atomic E-state index is 10.8. The maximum atomic E-state index is 10.8. The first kappa shape index (κ1) is 14.8. The van der Waals surface area contributed by atoms with Crippen molar-refractivity contribution in [1.82, 2.24) is 5.32 Å². The van der Waals surface area contributed by atoms with Gasteiger partial charge < -0.3 is 20.0 Å². The molecule has 1 aromatic carbocycles. The van der Waals surface area contributed by atoms with Crippen molar-refractivity contribution >= 4 is 12.3 Å². The lowest BCUT2D eigenvalue weighted by Gasteiger charge is -2.11. The lowest BCUT2D eigenvalue weighted by molar-refractivity contribution is -0.136. The summed E-state index contributed by atoms with van der Waals surface area (Å²) in [4.78, 5) is 21.3. The average molecular weight is 263 g/mol. The number of aliphatic carboxylic acids is 1. The Morgan fingerprint density at radius 2 is 2.05 bits per heavy atom. The molecule has 1 rings (SSSR count). The SMILES string of the molecule is COC=C(CC=O)NCc1ccccc1CC(=O)O. The summed E-state index contributed by atoms with van der Waals surface area (Å²) in [5.41, 5.74) is 2.30. The van der Waals surface area contributed by atoms with Crippen LogP contribution in [0.15, 0.2) is 36.2 Å². The molecular formula is C14H17NO4. The van der Waals surface area contributed by atoms with E-state index in [0.717, 1.165) is 17.4 Å². The van der Waals surface area contributed by atoms with E-state index in [9.17, 15) is 9.59 Å². The minimum atomic E-state index is -0.868. The fourth-order valence-electron chi connectivity index (χ4n) is 1.67. The van der Waals surface area contributed by atoms with Crippen LogP contribution in [-0.2, 0) is 27.3 Å². The number of carbonyl (C=O) groups excluding carboxylic acids is 1. The molecule has 2 N–H and O–H groups in total. The van der Waals surface area contributed by atoms with Crippen molar-refractivity contribution in [3.63, 3.8) is 0 Å². The van der Waals surface area contributed by atoms with Gasteiger partial charge in [-0.25, -0.2) is 0 Å². The molecule has 5 nitrogen and oxygen atoms in total. The van der Waals surface area contributed by atoms with Gasteiger partial charge in [0.2, 0.25) is 0 Å². The van der Waals surface area contributed by atoms with Crippen LogP contribution >= 0.6 is 0 Å². The fourth-order valence-corrected chi connectivity index (χ4v) is 1.67. The maximum Gasteiger partial charge on any atom is 0.307 e. The van der Waals surface area contributed by atoms with Gasteiger partial charge in [-0.1, -0.05) is 24.3 Å². The van der Waals surface area contributed by atoms with Gasteiger partial charge in [-0.15, -0.1) is 0 Å². The number of allylic oxidation sites excluding steroid dienone is 1. The van der Waals surface area contributed by atoms with Gasteiger partial charge >= 0.3 is 5.97 Å². The molecule has 0 aliphatic carbocycles. The van der Waals surface area contributed by atoms with E-state index < -0.39 is 5.97 Å². The lowest BCUT2D eigenvalue weighted by Crippen LogP contribution is -2.15. The Balaban J connectivity index is 2.73. The molecule has 0 spiro atoms. The number of carboxylic acids is 1. The molecule has 0 amide bonds. The smallest absolute Gasteiger partial charge is 0.307 e. The summed E-state index contributed by atoms with van der Waals surface area (Å²) in [5.74, 6) is -0.868. The summed E-state index contributed by atoms with van der Waals surface area (Å²) in [6.45, 7) is 0.451. The molecule has 0 aliphatic heterocycles. The zero-order chi connectivity index (χ0) is 14.1. The Bertz CT molecular complexity index is 468. The highest BCUT2D eigenvalue weighted by molar-refractivity contribution is 5.70. The third kappa shape index (κ3) is 5.25. The van der Waals surface area contributed by atoms with E-state index in [-0.39, 0.29) is 12.8 Å². The van der Waals surface area contributed by atoms with Crippen LogP contribution < -0.4 is 5.32 Å². The number of hydrogen-bond acceptors (Lipinski definition) is 4. The standard InChI is InChI=1S/C14H17NO4/c1-19-10-13(6-7-16)15-9-12-5-3-2-4-11(12)8-14(17)18/h2-5,7,10,15H,6,8-9H2,1H3,(H,17,18). The molecule has 0 bridgehead atoms. The zero-order valence-electron chi connectivity index (χ0n) is 10.8. The number of ether oxygens (including phenoxy) is 1. The lowest BCUT2D eigenvalue weighted by atomic mass is 10.0. The molecule has 0 saturated carbocycles. The van der Waals surface area contributed by atoms with E-state index in [1.807, 2.05) is 12.1 Å². The van der Waals surface area contributed by atoms with E-state index in [1.165, 1.54) is 13.4 Å². The third-order valence-corrected chi connectivity index (χ3v) is 2.53. The van der Waals surface area contributed by atoms with E-state index in [0.29, 0.717) is 12.2 Å². The second-order valence-corrected chi connectivity index (χ2v) is 3.94. The average Bonchev–Trinajstić information content (AvgIpc) is 2.37. The highest BCUT2D eigenvalue weighted by atomic mass is 16.5. The van der Waals surface area contributed by atoms with Crippen LogP contribution in [0, 0.1) is 0 Å². The Kier molecular flexibility index (Phi) is 6.15. The number of nitrogens with one attached hydrogen (secondary N) is 1. The molecule has 0 fully saturated rings. The first-order valence-corrected chi connectivity index (χ1v) is 5.85. The molecule has 1 aromatic rings. The quantitative estimate of drug-likeness (QED) is 0.549. The van der Waals surface area contributed by atoms with Crippen LogP contribution in [0.4, 0.5) is 0 Å². The van der Waals surface area contributed by atoms with Gasteiger partial charge in [-0.2, -0.15) is 0 Å². The Morgan fingerprint density at radius 1 is 1.37 bits per heavy atom. The van der Waals surface area contributed by atoms with Crippen LogP contribution in [0.2, 0.25) is 0 Å². The third-order valence-electron chi connectivity index (χ3n) is 2.53. The van der Waals surface area contributed by atoms with Crippen molar-refractivity contribution in [1.29, 1.82) is 0 Å². The normalized spacial score (nSPS) is 10.9. The first-order chi connectivity index (χ1) is 9.17. The van der Waals surface area contributed by atoms with Crippen molar-refractivity contribution in [2.75, 3.05) is 7.11 Å². The van der Waals surface area contributed by atoms with Gasteiger partial charge in [-0.05, 0) is 11.1 Å². The topological polar surface area (TPSA) is 75.6 Å². The predicted octanol–water partition coefficient (Wildman–Crippen LogP) is 1.48. The van der Waals surface area contributed by atoms with Crippen molar-refractivity contribution < 1.29 is 19.4 Å². The summed E-state index contributed by atoms with van der Waals surface area (Å²) in [6, 6.07) is 7.29. The van der Waals surface area contributed by atoms with E-state index in [1.54, 1.807) is 12.1 Å². The molecule has 0 aromatic heterocycles. The monoisotopic (exact) mass is 263 g/mol. The van der Waals surface area contributed by atoms with Crippen LogP contribution in [0.5, 0.6) is 0 Å². The van der Waals surface area contributed by atoms with Crippen molar-refractivity contribution in [2.24, 2.45) is 0 Å². The second-order valence-electron chi connectivity index (χ2n) is 3.94. The number of carboxylic acid groups (broad SMARTS) is 1. The Hall–Kier alpha value is -2.30. The summed E-state index contributed by atoms with van der Waals surface area (Å²) < 4.78 is 4.86. The fraction of sp³-hybridized carbons (Fsp3) is 0.286. The van der Waals surface area contributed by atoms with Gasteiger partial charge in [0.1, 0.15) is 12.5 Å². The minimum Gasteiger partial charge on any atom is -0.503 e. The largest absolute Gasteiger partial charge is 0.503 e. The molecule has 0 heterocycles. The molecule has 0 aliphatic rings. The van der Waals surface area contributed by atoms with Crippen LogP contribution in [0.1, 0.15) is 17.5 Å². The molecule has 0 atom stereocenters. The minimum absolute atomic E-state index is 0.0190. The van der Waals surface area contributed by atoms with Gasteiger partial charge in [0.15, 0.2) is 0 Å². The molecule has 102 valence electrons. The van der Waals surface area contributed by atoms with Gasteiger partial charge in [-0.3, -0.25) is 4.79 Å². The van der Waals surface area contributed by atoms with Gasteiger partial charge in [0, 0.05) is 13.0 Å². The van der Waals surface area contributed by atoms with E-state index in [2.05, 4.69) is 5.32 Å². The molecule has 5 heteroatoms. The number of hydrogen-bond donors (Lipinski definition) is 2. The van der Waals surface area contributed by atoms with E-state index in [4.69, 9.17) is 9.84 Å². The first-order valence-electron chi connectivity index (χ1n) is 5.85. The molecular weight excluding hydrogens is 246 g/mol. The van der Waals surface area contributed by atoms with Crippen molar-refractivity contribution in [3.05, 3.63) is 47.4 Å². The van der Waals surface area contributed by atoms with Gasteiger partial charge in [0.25, 0.3) is 0 Å². The van der Waals surface area contributed by atoms with Gasteiger partial charge in [0.05, 0.1) is 19.2 Å². The Morgan fingerprint density at radius 3 is 2.63 bits per heavy atom. The number of aldehydes is 1. The van der Waals surface area contributed by atoms with E-state index >= 15 is 0 Å². The number of carbonyl (C=O) groups is 2. The number of rotatable bonds is 8. The van der Waals surface area contributed by atoms with Crippen LogP contribution in [0.3, 0.4) is 0 Å². The summed E-state index contributed by atoms with van der Waals surface area (Å²) in [5, 5.41) is 11.9. The van der Waals surface area contributed by atoms with Crippen molar-refractivity contribution in [3.8, 4) is 0 Å². The highest BCUT2D eigenvalue weighted by Crippen LogP contribution is 2.10. The Labute approximate surface area is 111 Å². The van der Waals surface area contributed by atoms with Crippen molar-refractivity contribution in [2.45, 2.75) is 19.4 Å². The molecule has 0 radical (unpaired) electrons. The number of methoxy groups -OCH3 is 1. The molecule has 19 heavy (non-hydrogen) atoms.